The van der Waals surface area contributed by atoms with Gasteiger partial charge >= 0.3 is 6.03 Å². The van der Waals surface area contributed by atoms with E-state index in [1.165, 1.54) is 10.5 Å². The number of carbonyl (C=O) groups is 2. The molecule has 0 radical (unpaired) electrons. The van der Waals surface area contributed by atoms with Crippen LogP contribution >= 0.6 is 0 Å². The number of carbonyl (C=O) groups excluding carboxylic acids is 2. The summed E-state index contributed by atoms with van der Waals surface area (Å²) in [6.07, 6.45) is 0.912. The molecule has 3 rings (SSSR count). The molecule has 7 heteroatoms. The van der Waals surface area contributed by atoms with Gasteiger partial charge in [-0.15, -0.1) is 0 Å². The van der Waals surface area contributed by atoms with Crippen molar-refractivity contribution in [3.63, 3.8) is 0 Å². The Balaban J connectivity index is 1.53. The van der Waals surface area contributed by atoms with E-state index in [9.17, 15) is 9.59 Å². The first-order valence-electron chi connectivity index (χ1n) is 10.2. The van der Waals surface area contributed by atoms with Crippen LogP contribution in [0.4, 0.5) is 10.5 Å². The molecule has 160 valence electrons. The molecule has 2 N–H and O–H groups in total. The molecule has 2 aromatic carbocycles. The molecule has 1 aliphatic heterocycles. The van der Waals surface area contributed by atoms with Crippen molar-refractivity contribution in [3.05, 3.63) is 59.7 Å². The highest BCUT2D eigenvalue weighted by Crippen LogP contribution is 2.26. The molecule has 0 aliphatic carbocycles. The zero-order chi connectivity index (χ0) is 21.5. The van der Waals surface area contributed by atoms with Crippen molar-refractivity contribution in [2.75, 3.05) is 39.1 Å². The van der Waals surface area contributed by atoms with Crippen molar-refractivity contribution >= 4 is 17.6 Å². The number of likely N-dealkylation sites (N-methyl/N-ethyl adjacent to an activating group) is 1. The van der Waals surface area contributed by atoms with Crippen LogP contribution in [0, 0.1) is 6.92 Å². The van der Waals surface area contributed by atoms with E-state index in [2.05, 4.69) is 27.7 Å². The Bertz CT molecular complexity index is 870. The molecular weight excluding hydrogens is 380 g/mol. The van der Waals surface area contributed by atoms with Crippen LogP contribution in [0.3, 0.4) is 0 Å². The number of aryl methyl sites for hydroxylation is 1. The second-order valence-corrected chi connectivity index (χ2v) is 7.88. The van der Waals surface area contributed by atoms with Crippen LogP contribution in [0.25, 0.3) is 0 Å². The molecule has 0 bridgehead atoms. The fourth-order valence-electron chi connectivity index (χ4n) is 3.40. The maximum absolute atomic E-state index is 12.5. The Morgan fingerprint density at radius 2 is 1.93 bits per heavy atom. The summed E-state index contributed by atoms with van der Waals surface area (Å²) in [7, 11) is 3.36. The standard InChI is InChI=1S/C23H30N4O3/c1-17-9-10-20(21(13-17)30-16-22(28)26(2)3)25-23(29)24-19-11-12-27(15-19)14-18-7-5-4-6-8-18/h4-10,13,19H,11-12,14-16H2,1-3H3,(H2,24,25,29). The van der Waals surface area contributed by atoms with E-state index >= 15 is 0 Å². The quantitative estimate of drug-likeness (QED) is 0.736. The molecule has 30 heavy (non-hydrogen) atoms. The van der Waals surface area contributed by atoms with Crippen LogP contribution in [0.15, 0.2) is 48.5 Å². The summed E-state index contributed by atoms with van der Waals surface area (Å²) in [4.78, 5) is 28.2. The van der Waals surface area contributed by atoms with Crippen LogP contribution in [0.1, 0.15) is 17.5 Å². The fraction of sp³-hybridized carbons (Fsp3) is 0.391. The number of nitrogens with zero attached hydrogens (tertiary/aromatic N) is 2. The van der Waals surface area contributed by atoms with Gasteiger partial charge in [0.25, 0.3) is 5.91 Å². The van der Waals surface area contributed by atoms with Crippen LogP contribution in [0.2, 0.25) is 0 Å². The predicted molar refractivity (Wildman–Crippen MR) is 118 cm³/mol. The molecule has 1 unspecified atom stereocenters. The normalized spacial score (nSPS) is 16.2. The van der Waals surface area contributed by atoms with Crippen molar-refractivity contribution < 1.29 is 14.3 Å². The van der Waals surface area contributed by atoms with Gasteiger partial charge in [-0.25, -0.2) is 4.79 Å². The fourth-order valence-corrected chi connectivity index (χ4v) is 3.40. The lowest BCUT2D eigenvalue weighted by Crippen LogP contribution is -2.39. The second kappa shape index (κ2) is 10.1. The van der Waals surface area contributed by atoms with Gasteiger partial charge in [0.2, 0.25) is 0 Å². The van der Waals surface area contributed by atoms with Crippen molar-refractivity contribution in [2.45, 2.75) is 25.9 Å². The van der Waals surface area contributed by atoms with Gasteiger partial charge in [-0.05, 0) is 36.6 Å². The minimum Gasteiger partial charge on any atom is -0.482 e. The number of rotatable bonds is 7. The molecular formula is C23H30N4O3. The van der Waals surface area contributed by atoms with Gasteiger partial charge in [-0.2, -0.15) is 0 Å². The van der Waals surface area contributed by atoms with Crippen molar-refractivity contribution in [3.8, 4) is 5.75 Å². The van der Waals surface area contributed by atoms with Gasteiger partial charge in [0, 0.05) is 39.8 Å². The molecule has 0 saturated carbocycles. The largest absolute Gasteiger partial charge is 0.482 e. The van der Waals surface area contributed by atoms with Crippen molar-refractivity contribution in [1.29, 1.82) is 0 Å². The van der Waals surface area contributed by atoms with Gasteiger partial charge in [0.15, 0.2) is 6.61 Å². The highest BCUT2D eigenvalue weighted by Gasteiger charge is 2.24. The Hall–Kier alpha value is -3.06. The lowest BCUT2D eigenvalue weighted by Gasteiger charge is -2.18. The molecule has 0 spiro atoms. The summed E-state index contributed by atoms with van der Waals surface area (Å²) in [5.41, 5.74) is 2.81. The topological polar surface area (TPSA) is 73.9 Å². The number of hydrogen-bond acceptors (Lipinski definition) is 4. The van der Waals surface area contributed by atoms with E-state index < -0.39 is 0 Å². The molecule has 7 nitrogen and oxygen atoms in total. The minimum atomic E-state index is -0.269. The summed E-state index contributed by atoms with van der Waals surface area (Å²) in [6.45, 7) is 4.51. The van der Waals surface area contributed by atoms with Crippen molar-refractivity contribution in [1.82, 2.24) is 15.1 Å². The summed E-state index contributed by atoms with van der Waals surface area (Å²) < 4.78 is 5.65. The number of nitrogens with one attached hydrogen (secondary N) is 2. The number of hydrogen-bond donors (Lipinski definition) is 2. The predicted octanol–water partition coefficient (Wildman–Crippen LogP) is 2.86. The van der Waals surface area contributed by atoms with Gasteiger partial charge in [0.1, 0.15) is 5.75 Å². The molecule has 1 aliphatic rings. The highest BCUT2D eigenvalue weighted by atomic mass is 16.5. The summed E-state index contributed by atoms with van der Waals surface area (Å²) in [5, 5.41) is 5.91. The summed E-state index contributed by atoms with van der Waals surface area (Å²) in [5.74, 6) is 0.342. The van der Waals surface area contributed by atoms with Gasteiger partial charge in [0.05, 0.1) is 5.69 Å². The third-order valence-electron chi connectivity index (χ3n) is 5.09. The SMILES string of the molecule is Cc1ccc(NC(=O)NC2CCN(Cc3ccccc3)C2)c(OCC(=O)N(C)C)c1. The third kappa shape index (κ3) is 6.22. The average molecular weight is 411 g/mol. The number of ether oxygens (including phenoxy) is 1. The molecule has 1 heterocycles. The zero-order valence-electron chi connectivity index (χ0n) is 17.9. The molecule has 1 saturated heterocycles. The van der Waals surface area contributed by atoms with Crippen molar-refractivity contribution in [2.24, 2.45) is 0 Å². The molecule has 3 amide bonds. The minimum absolute atomic E-state index is 0.0795. The van der Waals surface area contributed by atoms with E-state index in [-0.39, 0.29) is 24.6 Å². The second-order valence-electron chi connectivity index (χ2n) is 7.88. The van der Waals surface area contributed by atoms with E-state index in [1.54, 1.807) is 20.2 Å². The molecule has 1 fully saturated rings. The lowest BCUT2D eigenvalue weighted by molar-refractivity contribution is -0.130. The zero-order valence-corrected chi connectivity index (χ0v) is 17.9. The summed E-state index contributed by atoms with van der Waals surface area (Å²) >= 11 is 0. The monoisotopic (exact) mass is 410 g/mol. The van der Waals surface area contributed by atoms with E-state index in [4.69, 9.17) is 4.74 Å². The Labute approximate surface area is 178 Å². The molecule has 0 aromatic heterocycles. The number of likely N-dealkylation sites (tertiary alicyclic amines) is 1. The van der Waals surface area contributed by atoms with Crippen LogP contribution in [-0.2, 0) is 11.3 Å². The number of amides is 3. The van der Waals surface area contributed by atoms with E-state index in [0.29, 0.717) is 11.4 Å². The first kappa shape index (κ1) is 21.6. The lowest BCUT2D eigenvalue weighted by atomic mass is 10.2. The highest BCUT2D eigenvalue weighted by molar-refractivity contribution is 5.91. The first-order valence-corrected chi connectivity index (χ1v) is 10.2. The van der Waals surface area contributed by atoms with E-state index in [0.717, 1.165) is 31.6 Å². The average Bonchev–Trinajstić information content (AvgIpc) is 3.15. The van der Waals surface area contributed by atoms with Gasteiger partial charge in [-0.1, -0.05) is 36.4 Å². The van der Waals surface area contributed by atoms with Crippen LogP contribution in [-0.4, -0.2) is 61.6 Å². The smallest absolute Gasteiger partial charge is 0.319 e. The van der Waals surface area contributed by atoms with Gasteiger partial charge < -0.3 is 20.3 Å². The van der Waals surface area contributed by atoms with Crippen LogP contribution < -0.4 is 15.4 Å². The Kier molecular flexibility index (Phi) is 7.30. The number of urea groups is 1. The first-order chi connectivity index (χ1) is 14.4. The van der Waals surface area contributed by atoms with E-state index in [1.807, 2.05) is 37.3 Å². The van der Waals surface area contributed by atoms with Crippen LogP contribution in [0.5, 0.6) is 5.75 Å². The third-order valence-corrected chi connectivity index (χ3v) is 5.09. The Morgan fingerprint density at radius 1 is 1.17 bits per heavy atom. The van der Waals surface area contributed by atoms with Gasteiger partial charge in [-0.3, -0.25) is 9.69 Å². The molecule has 2 aromatic rings. The summed E-state index contributed by atoms with van der Waals surface area (Å²) in [6, 6.07) is 15.7. The maximum Gasteiger partial charge on any atom is 0.319 e. The molecule has 1 atom stereocenters. The maximum atomic E-state index is 12.5. The number of benzene rings is 2. The Morgan fingerprint density at radius 3 is 2.67 bits per heavy atom. The number of anilines is 1.